The third kappa shape index (κ3) is 2.50. The van der Waals surface area contributed by atoms with E-state index in [2.05, 4.69) is 27.3 Å². The van der Waals surface area contributed by atoms with Gasteiger partial charge in [0.1, 0.15) is 11.6 Å². The summed E-state index contributed by atoms with van der Waals surface area (Å²) >= 11 is 0. The minimum Gasteiger partial charge on any atom is -0.370 e. The predicted molar refractivity (Wildman–Crippen MR) is 72.1 cm³/mol. The monoisotopic (exact) mass is 245 g/mol. The lowest BCUT2D eigenvalue weighted by atomic mass is 10.3. The smallest absolute Gasteiger partial charge is 0.162 e. The summed E-state index contributed by atoms with van der Waals surface area (Å²) in [5.41, 5.74) is 2.14. The Bertz CT molecular complexity index is 544. The third-order valence-corrected chi connectivity index (χ3v) is 2.70. The van der Waals surface area contributed by atoms with Gasteiger partial charge in [-0.2, -0.15) is 5.10 Å². The van der Waals surface area contributed by atoms with Crippen LogP contribution in [0, 0.1) is 20.8 Å². The summed E-state index contributed by atoms with van der Waals surface area (Å²) in [5, 5.41) is 7.64. The summed E-state index contributed by atoms with van der Waals surface area (Å²) in [6.07, 6.45) is 4.87. The first-order valence-corrected chi connectivity index (χ1v) is 6.22. The lowest BCUT2D eigenvalue weighted by Crippen LogP contribution is -2.10. The number of anilines is 1. The van der Waals surface area contributed by atoms with Gasteiger partial charge < -0.3 is 5.32 Å². The van der Waals surface area contributed by atoms with Crippen molar-refractivity contribution in [3.05, 3.63) is 29.3 Å². The van der Waals surface area contributed by atoms with E-state index in [1.54, 1.807) is 4.68 Å². The minimum atomic E-state index is 0.752. The molecule has 0 saturated heterocycles. The van der Waals surface area contributed by atoms with Gasteiger partial charge in [-0.15, -0.1) is 0 Å². The summed E-state index contributed by atoms with van der Waals surface area (Å²) in [5.74, 6) is 2.49. The van der Waals surface area contributed by atoms with Gasteiger partial charge in [-0.05, 0) is 32.8 Å². The maximum Gasteiger partial charge on any atom is 0.162 e. The Morgan fingerprint density at radius 1 is 1.22 bits per heavy atom. The van der Waals surface area contributed by atoms with Crippen LogP contribution in [0.25, 0.3) is 5.82 Å². The molecule has 5 heteroatoms. The van der Waals surface area contributed by atoms with Crippen molar-refractivity contribution in [2.45, 2.75) is 34.1 Å². The fourth-order valence-corrected chi connectivity index (χ4v) is 1.78. The highest BCUT2D eigenvalue weighted by molar-refractivity contribution is 5.51. The van der Waals surface area contributed by atoms with Crippen LogP contribution in [0.2, 0.25) is 0 Å². The van der Waals surface area contributed by atoms with E-state index in [9.17, 15) is 0 Å². The zero-order valence-corrected chi connectivity index (χ0v) is 11.4. The highest BCUT2D eigenvalue weighted by Crippen LogP contribution is 2.18. The lowest BCUT2D eigenvalue weighted by molar-refractivity contribution is 0.815. The number of aromatic nitrogens is 4. The fraction of sp³-hybridized carbons (Fsp3) is 0.462. The molecule has 0 aromatic carbocycles. The largest absolute Gasteiger partial charge is 0.370 e. The minimum absolute atomic E-state index is 0.752. The zero-order chi connectivity index (χ0) is 13.1. The molecule has 5 nitrogen and oxygen atoms in total. The molecule has 2 rings (SSSR count). The van der Waals surface area contributed by atoms with E-state index in [-0.39, 0.29) is 0 Å². The zero-order valence-electron chi connectivity index (χ0n) is 11.4. The average molecular weight is 245 g/mol. The number of hydrogen-bond donors (Lipinski definition) is 1. The van der Waals surface area contributed by atoms with Gasteiger partial charge >= 0.3 is 0 Å². The summed E-state index contributed by atoms with van der Waals surface area (Å²) in [6, 6.07) is 0. The van der Waals surface area contributed by atoms with Crippen molar-refractivity contribution in [1.29, 1.82) is 0 Å². The van der Waals surface area contributed by atoms with Crippen LogP contribution in [0.15, 0.2) is 12.4 Å². The van der Waals surface area contributed by atoms with Crippen LogP contribution in [-0.2, 0) is 0 Å². The molecular weight excluding hydrogens is 226 g/mol. The second kappa shape index (κ2) is 5.16. The third-order valence-electron chi connectivity index (χ3n) is 2.70. The molecule has 0 aliphatic rings. The molecule has 0 bridgehead atoms. The van der Waals surface area contributed by atoms with Crippen molar-refractivity contribution in [3.8, 4) is 5.82 Å². The first kappa shape index (κ1) is 12.5. The fourth-order valence-electron chi connectivity index (χ4n) is 1.78. The Morgan fingerprint density at radius 3 is 2.61 bits per heavy atom. The van der Waals surface area contributed by atoms with Crippen LogP contribution in [0.4, 0.5) is 5.82 Å². The topological polar surface area (TPSA) is 55.6 Å². The molecule has 18 heavy (non-hydrogen) atoms. The average Bonchev–Trinajstić information content (AvgIpc) is 2.76. The van der Waals surface area contributed by atoms with Gasteiger partial charge in [0, 0.05) is 18.3 Å². The summed E-state index contributed by atoms with van der Waals surface area (Å²) in [6.45, 7) is 8.98. The predicted octanol–water partition coefficient (Wildman–Crippen LogP) is 2.41. The van der Waals surface area contributed by atoms with Crippen LogP contribution in [0.1, 0.15) is 30.3 Å². The van der Waals surface area contributed by atoms with Crippen LogP contribution in [-0.4, -0.2) is 26.3 Å². The van der Waals surface area contributed by atoms with Crippen molar-refractivity contribution in [1.82, 2.24) is 19.7 Å². The van der Waals surface area contributed by atoms with Crippen LogP contribution in [0.3, 0.4) is 0 Å². The van der Waals surface area contributed by atoms with Gasteiger partial charge in [0.15, 0.2) is 5.82 Å². The number of nitrogens with zero attached hydrogens (tertiary/aromatic N) is 4. The Kier molecular flexibility index (Phi) is 3.60. The van der Waals surface area contributed by atoms with Gasteiger partial charge in [0.05, 0.1) is 6.20 Å². The van der Waals surface area contributed by atoms with Crippen molar-refractivity contribution < 1.29 is 0 Å². The van der Waals surface area contributed by atoms with E-state index in [1.807, 2.05) is 33.2 Å². The number of hydrogen-bond acceptors (Lipinski definition) is 4. The van der Waals surface area contributed by atoms with E-state index in [1.165, 1.54) is 0 Å². The molecule has 0 radical (unpaired) electrons. The molecule has 96 valence electrons. The van der Waals surface area contributed by atoms with Gasteiger partial charge in [0.25, 0.3) is 0 Å². The molecule has 0 fully saturated rings. The number of nitrogens with one attached hydrogen (secondary N) is 1. The van der Waals surface area contributed by atoms with E-state index in [0.717, 1.165) is 41.6 Å². The lowest BCUT2D eigenvalue weighted by Gasteiger charge is -2.12. The highest BCUT2D eigenvalue weighted by atomic mass is 15.3. The molecule has 0 atom stereocenters. The molecule has 0 amide bonds. The Hall–Kier alpha value is -1.91. The molecule has 2 aromatic rings. The molecule has 0 spiro atoms. The van der Waals surface area contributed by atoms with Gasteiger partial charge in [-0.25, -0.2) is 14.6 Å². The first-order chi connectivity index (χ1) is 8.61. The van der Waals surface area contributed by atoms with Gasteiger partial charge in [0.2, 0.25) is 0 Å². The number of aryl methyl sites for hydroxylation is 2. The second-order valence-electron chi connectivity index (χ2n) is 4.46. The van der Waals surface area contributed by atoms with Crippen molar-refractivity contribution in [2.75, 3.05) is 11.9 Å². The molecule has 2 heterocycles. The molecule has 0 aliphatic heterocycles. The van der Waals surface area contributed by atoms with Gasteiger partial charge in [-0.1, -0.05) is 6.92 Å². The van der Waals surface area contributed by atoms with E-state index < -0.39 is 0 Å². The summed E-state index contributed by atoms with van der Waals surface area (Å²) in [4.78, 5) is 8.91. The molecule has 2 aromatic heterocycles. The van der Waals surface area contributed by atoms with Crippen molar-refractivity contribution in [2.24, 2.45) is 0 Å². The highest BCUT2D eigenvalue weighted by Gasteiger charge is 2.11. The van der Waals surface area contributed by atoms with E-state index >= 15 is 0 Å². The quantitative estimate of drug-likeness (QED) is 0.898. The molecule has 0 saturated carbocycles. The summed E-state index contributed by atoms with van der Waals surface area (Å²) in [7, 11) is 0. The second-order valence-corrected chi connectivity index (χ2v) is 4.46. The van der Waals surface area contributed by atoms with Crippen LogP contribution < -0.4 is 5.32 Å². The maximum absolute atomic E-state index is 4.47. The Morgan fingerprint density at radius 2 is 2.00 bits per heavy atom. The SMILES string of the molecule is CCCNc1nc(C)nc(-n2cc(C)cn2)c1C. The van der Waals surface area contributed by atoms with Crippen molar-refractivity contribution in [3.63, 3.8) is 0 Å². The molecule has 0 aliphatic carbocycles. The van der Waals surface area contributed by atoms with Crippen LogP contribution >= 0.6 is 0 Å². The standard InChI is InChI=1S/C13H19N5/c1-5-6-14-12-10(3)13(17-11(4)16-12)18-8-9(2)7-15-18/h7-8H,5-6H2,1-4H3,(H,14,16,17). The van der Waals surface area contributed by atoms with Crippen molar-refractivity contribution >= 4 is 5.82 Å². The number of rotatable bonds is 4. The normalized spacial score (nSPS) is 10.7. The molecule has 0 unspecified atom stereocenters. The van der Waals surface area contributed by atoms with E-state index in [0.29, 0.717) is 0 Å². The van der Waals surface area contributed by atoms with E-state index in [4.69, 9.17) is 0 Å². The maximum atomic E-state index is 4.47. The molecular formula is C13H19N5. The Balaban J connectivity index is 2.44. The Labute approximate surface area is 107 Å². The van der Waals surface area contributed by atoms with Crippen LogP contribution in [0.5, 0.6) is 0 Å². The van der Waals surface area contributed by atoms with Gasteiger partial charge in [-0.3, -0.25) is 0 Å². The first-order valence-electron chi connectivity index (χ1n) is 6.22. The summed E-state index contributed by atoms with van der Waals surface area (Å²) < 4.78 is 1.80. The molecule has 1 N–H and O–H groups in total.